The lowest BCUT2D eigenvalue weighted by Gasteiger charge is -2.29. The minimum Gasteiger partial charge on any atom is -0.377 e. The number of sulfone groups is 1. The van der Waals surface area contributed by atoms with E-state index in [1.54, 1.807) is 13.8 Å². The van der Waals surface area contributed by atoms with Gasteiger partial charge in [-0.05, 0) is 34.1 Å². The van der Waals surface area contributed by atoms with Crippen LogP contribution in [-0.2, 0) is 14.6 Å². The van der Waals surface area contributed by atoms with E-state index in [-0.39, 0.29) is 22.6 Å². The summed E-state index contributed by atoms with van der Waals surface area (Å²) in [6, 6.07) is 0. The number of hydrogen-bond donors (Lipinski definition) is 1. The fraction of sp³-hybridized carbons (Fsp3) is 1.00. The van der Waals surface area contributed by atoms with E-state index in [0.717, 1.165) is 13.0 Å². The van der Waals surface area contributed by atoms with Crippen molar-refractivity contribution < 1.29 is 13.2 Å². The highest BCUT2D eigenvalue weighted by Crippen LogP contribution is 2.24. The number of nitrogens with one attached hydrogen (secondary N) is 1. The Morgan fingerprint density at radius 3 is 2.56 bits per heavy atom. The molecule has 1 saturated heterocycles. The van der Waals surface area contributed by atoms with Gasteiger partial charge in [-0.2, -0.15) is 0 Å². The van der Waals surface area contributed by atoms with Gasteiger partial charge in [-0.1, -0.05) is 0 Å². The Hall–Kier alpha value is -0.130. The van der Waals surface area contributed by atoms with Gasteiger partial charge in [0, 0.05) is 18.7 Å². The second-order valence-electron chi connectivity index (χ2n) is 5.02. The van der Waals surface area contributed by atoms with Crippen LogP contribution in [0.3, 0.4) is 0 Å². The zero-order valence-electron chi connectivity index (χ0n) is 10.6. The molecule has 0 aromatic carbocycles. The van der Waals surface area contributed by atoms with Crippen molar-refractivity contribution in [3.05, 3.63) is 0 Å². The van der Waals surface area contributed by atoms with Gasteiger partial charge in [-0.25, -0.2) is 8.42 Å². The molecular weight excluding hydrogens is 226 g/mol. The molecule has 1 rings (SSSR count). The minimum atomic E-state index is -2.94. The summed E-state index contributed by atoms with van der Waals surface area (Å²) < 4.78 is 28.7. The Labute approximate surface area is 98.7 Å². The van der Waals surface area contributed by atoms with Gasteiger partial charge in [0.2, 0.25) is 0 Å². The fourth-order valence-corrected chi connectivity index (χ4v) is 2.64. The van der Waals surface area contributed by atoms with Crippen molar-refractivity contribution >= 4 is 9.84 Å². The Balaban J connectivity index is 2.42. The highest BCUT2D eigenvalue weighted by atomic mass is 32.2. The van der Waals surface area contributed by atoms with Crippen molar-refractivity contribution in [3.8, 4) is 0 Å². The average Bonchev–Trinajstić information content (AvgIpc) is 2.46. The predicted octanol–water partition coefficient (Wildman–Crippen LogP) is 0.967. The van der Waals surface area contributed by atoms with Gasteiger partial charge in [-0.15, -0.1) is 0 Å². The maximum absolute atomic E-state index is 11.6. The Morgan fingerprint density at radius 1 is 1.50 bits per heavy atom. The third kappa shape index (κ3) is 3.18. The van der Waals surface area contributed by atoms with E-state index in [1.165, 1.54) is 0 Å². The van der Waals surface area contributed by atoms with E-state index in [0.29, 0.717) is 6.54 Å². The number of ether oxygens (including phenoxy) is 1. The molecule has 2 unspecified atom stereocenters. The van der Waals surface area contributed by atoms with Crippen molar-refractivity contribution in [1.82, 2.24) is 5.32 Å². The van der Waals surface area contributed by atoms with Crippen LogP contribution in [0.2, 0.25) is 0 Å². The summed E-state index contributed by atoms with van der Waals surface area (Å²) in [4.78, 5) is 0. The van der Waals surface area contributed by atoms with E-state index >= 15 is 0 Å². The van der Waals surface area contributed by atoms with E-state index in [4.69, 9.17) is 4.74 Å². The van der Waals surface area contributed by atoms with Crippen LogP contribution in [-0.4, -0.2) is 44.2 Å². The molecule has 0 aromatic rings. The summed E-state index contributed by atoms with van der Waals surface area (Å²) >= 11 is 0. The maximum atomic E-state index is 11.6. The lowest BCUT2D eigenvalue weighted by atomic mass is 9.95. The lowest BCUT2D eigenvalue weighted by Crippen LogP contribution is -2.49. The largest absolute Gasteiger partial charge is 0.377 e. The van der Waals surface area contributed by atoms with Crippen LogP contribution in [0.25, 0.3) is 0 Å². The topological polar surface area (TPSA) is 55.4 Å². The molecule has 0 radical (unpaired) electrons. The van der Waals surface area contributed by atoms with Gasteiger partial charge in [0.15, 0.2) is 9.84 Å². The van der Waals surface area contributed by atoms with Crippen molar-refractivity contribution in [3.63, 3.8) is 0 Å². The first-order chi connectivity index (χ1) is 7.28. The molecule has 0 aromatic heterocycles. The van der Waals surface area contributed by atoms with Crippen LogP contribution < -0.4 is 5.32 Å². The Bertz CT molecular complexity index is 326. The summed E-state index contributed by atoms with van der Waals surface area (Å²) in [6.45, 7) is 8.81. The molecule has 0 amide bonds. The molecule has 1 heterocycles. The highest BCUT2D eigenvalue weighted by molar-refractivity contribution is 7.92. The molecule has 1 fully saturated rings. The zero-order valence-corrected chi connectivity index (χ0v) is 11.4. The minimum absolute atomic E-state index is 0.0769. The van der Waals surface area contributed by atoms with Gasteiger partial charge in [0.25, 0.3) is 0 Å². The van der Waals surface area contributed by atoms with Gasteiger partial charge in [0.05, 0.1) is 17.1 Å². The smallest absolute Gasteiger partial charge is 0.153 e. The monoisotopic (exact) mass is 249 g/mol. The van der Waals surface area contributed by atoms with Crippen LogP contribution in [0.4, 0.5) is 0 Å². The molecule has 2 atom stereocenters. The molecular formula is C11H23NO3S. The summed E-state index contributed by atoms with van der Waals surface area (Å²) in [7, 11) is -2.94. The van der Waals surface area contributed by atoms with Crippen molar-refractivity contribution in [2.45, 2.75) is 51.0 Å². The zero-order chi connectivity index (χ0) is 12.4. The first-order valence-corrected chi connectivity index (χ1v) is 7.58. The van der Waals surface area contributed by atoms with Crippen LogP contribution >= 0.6 is 0 Å². The van der Waals surface area contributed by atoms with Crippen molar-refractivity contribution in [2.75, 3.05) is 18.9 Å². The quantitative estimate of drug-likeness (QED) is 0.789. The summed E-state index contributed by atoms with van der Waals surface area (Å²) in [5, 5.41) is 3.02. The van der Waals surface area contributed by atoms with E-state index < -0.39 is 9.84 Å². The second-order valence-corrected chi connectivity index (χ2v) is 7.70. The third-order valence-electron chi connectivity index (χ3n) is 3.52. The van der Waals surface area contributed by atoms with Crippen LogP contribution in [0.5, 0.6) is 0 Å². The predicted molar refractivity (Wildman–Crippen MR) is 65.4 cm³/mol. The average molecular weight is 249 g/mol. The normalized spacial score (nSPS) is 31.2. The molecule has 1 aliphatic heterocycles. The number of hydrogen-bond acceptors (Lipinski definition) is 4. The molecule has 96 valence electrons. The molecule has 1 aliphatic rings. The van der Waals surface area contributed by atoms with Gasteiger partial charge >= 0.3 is 0 Å². The standard InChI is InChI=1S/C11H23NO3S/c1-9(2)16(13,14)8-6-12-11(4)5-7-15-10(11)3/h9-10,12H,5-8H2,1-4H3. The Kier molecular flexibility index (Phi) is 4.37. The summed E-state index contributed by atoms with van der Waals surface area (Å²) in [6.07, 6.45) is 1.09. The molecule has 0 bridgehead atoms. The molecule has 1 N–H and O–H groups in total. The molecule has 5 heteroatoms. The lowest BCUT2D eigenvalue weighted by molar-refractivity contribution is 0.0895. The van der Waals surface area contributed by atoms with E-state index in [1.807, 2.05) is 6.92 Å². The van der Waals surface area contributed by atoms with Gasteiger partial charge in [-0.3, -0.25) is 0 Å². The van der Waals surface area contributed by atoms with Crippen molar-refractivity contribution in [2.24, 2.45) is 0 Å². The van der Waals surface area contributed by atoms with Gasteiger partial charge in [0.1, 0.15) is 0 Å². The highest BCUT2D eigenvalue weighted by Gasteiger charge is 2.36. The SMILES string of the molecule is CC1OCCC1(C)NCCS(=O)(=O)C(C)C. The number of rotatable bonds is 5. The van der Waals surface area contributed by atoms with Crippen molar-refractivity contribution in [1.29, 1.82) is 0 Å². The van der Waals surface area contributed by atoms with E-state index in [9.17, 15) is 8.42 Å². The van der Waals surface area contributed by atoms with Crippen LogP contribution in [0.1, 0.15) is 34.1 Å². The summed E-state index contributed by atoms with van der Waals surface area (Å²) in [5.41, 5.74) is -0.0769. The molecule has 0 saturated carbocycles. The maximum Gasteiger partial charge on any atom is 0.153 e. The summed E-state index contributed by atoms with van der Waals surface area (Å²) in [5.74, 6) is 0.201. The Morgan fingerprint density at radius 2 is 2.12 bits per heavy atom. The second kappa shape index (κ2) is 5.02. The van der Waals surface area contributed by atoms with Gasteiger partial charge < -0.3 is 10.1 Å². The van der Waals surface area contributed by atoms with Crippen LogP contribution in [0, 0.1) is 0 Å². The third-order valence-corrected chi connectivity index (χ3v) is 5.73. The molecule has 0 aliphatic carbocycles. The van der Waals surface area contributed by atoms with Crippen LogP contribution in [0.15, 0.2) is 0 Å². The first-order valence-electron chi connectivity index (χ1n) is 5.86. The molecule has 4 nitrogen and oxygen atoms in total. The molecule has 16 heavy (non-hydrogen) atoms. The van der Waals surface area contributed by atoms with E-state index in [2.05, 4.69) is 12.2 Å². The fourth-order valence-electron chi connectivity index (χ4n) is 1.78. The first kappa shape index (κ1) is 13.9. The molecule has 0 spiro atoms.